The molecule has 0 spiro atoms. The van der Waals surface area contributed by atoms with Gasteiger partial charge in [0, 0.05) is 11.3 Å². The van der Waals surface area contributed by atoms with Crippen LogP contribution in [-0.2, 0) is 0 Å². The lowest BCUT2D eigenvalue weighted by Gasteiger charge is -2.20. The second-order valence-electron chi connectivity index (χ2n) is 4.36. The van der Waals surface area contributed by atoms with Crippen molar-refractivity contribution in [2.45, 2.75) is 0 Å². The van der Waals surface area contributed by atoms with Crippen LogP contribution in [0.15, 0.2) is 83.1 Å². The van der Waals surface area contributed by atoms with E-state index in [1.54, 1.807) is 11.8 Å². The Balaban J connectivity index is 1.99. The predicted molar refractivity (Wildman–Crippen MR) is 84.5 cm³/mol. The lowest BCUT2D eigenvalue weighted by Crippen LogP contribution is -2.15. The molecule has 1 aliphatic carbocycles. The van der Waals surface area contributed by atoms with Crippen LogP contribution in [0.25, 0.3) is 5.57 Å². The quantitative estimate of drug-likeness (QED) is 0.857. The van der Waals surface area contributed by atoms with Gasteiger partial charge in [0.05, 0.1) is 5.03 Å². The van der Waals surface area contributed by atoms with E-state index in [2.05, 4.69) is 72.3 Å². The molecule has 1 N–H and O–H groups in total. The molecule has 0 radical (unpaired) electrons. The van der Waals surface area contributed by atoms with Gasteiger partial charge in [0.15, 0.2) is 0 Å². The average Bonchev–Trinajstić information content (AvgIpc) is 3.02. The molecule has 94 valence electrons. The summed E-state index contributed by atoms with van der Waals surface area (Å²) in [7, 11) is 0. The van der Waals surface area contributed by atoms with Gasteiger partial charge in [-0.2, -0.15) is 0 Å². The first-order valence-corrected chi connectivity index (χ1v) is 7.49. The Hall–Kier alpha value is -1.93. The molecule has 1 heterocycles. The number of rotatable bonds is 2. The molecule has 0 aromatic heterocycles. The molecule has 1 aromatic carbocycles. The lowest BCUT2D eigenvalue weighted by atomic mass is 10.0. The van der Waals surface area contributed by atoms with Crippen molar-refractivity contribution in [2.75, 3.05) is 6.26 Å². The standard InChI is InChI=1S/C17H15NS/c1-19-17-15(13-7-3-2-4-8-13)11-12-16(18-17)14-9-5-6-10-14/h2-12,18H,1H3. The van der Waals surface area contributed by atoms with E-state index in [4.69, 9.17) is 0 Å². The van der Waals surface area contributed by atoms with Crippen molar-refractivity contribution in [1.29, 1.82) is 0 Å². The molecule has 2 heteroatoms. The van der Waals surface area contributed by atoms with Crippen LogP contribution in [0.1, 0.15) is 5.56 Å². The van der Waals surface area contributed by atoms with Gasteiger partial charge >= 0.3 is 0 Å². The number of dihydropyridines is 1. The lowest BCUT2D eigenvalue weighted by molar-refractivity contribution is 1.07. The maximum atomic E-state index is 3.53. The first kappa shape index (κ1) is 12.1. The fraction of sp³-hybridized carbons (Fsp3) is 0.0588. The second kappa shape index (κ2) is 5.37. The van der Waals surface area contributed by atoms with E-state index in [0.29, 0.717) is 0 Å². The van der Waals surface area contributed by atoms with E-state index in [1.165, 1.54) is 21.7 Å². The minimum atomic E-state index is 1.16. The summed E-state index contributed by atoms with van der Waals surface area (Å²) in [5.74, 6) is 0. The fourth-order valence-electron chi connectivity index (χ4n) is 2.20. The van der Waals surface area contributed by atoms with Crippen molar-refractivity contribution in [3.8, 4) is 0 Å². The third kappa shape index (κ3) is 2.45. The molecule has 0 atom stereocenters. The predicted octanol–water partition coefficient (Wildman–Crippen LogP) is 4.26. The summed E-state index contributed by atoms with van der Waals surface area (Å²) in [5, 5.41) is 4.73. The molecular formula is C17H15NS. The Morgan fingerprint density at radius 2 is 1.63 bits per heavy atom. The number of hydrogen-bond acceptors (Lipinski definition) is 2. The maximum absolute atomic E-state index is 3.53. The monoisotopic (exact) mass is 265 g/mol. The summed E-state index contributed by atoms with van der Waals surface area (Å²) in [6, 6.07) is 10.5. The highest BCUT2D eigenvalue weighted by Crippen LogP contribution is 2.30. The van der Waals surface area contributed by atoms with Crippen molar-refractivity contribution in [3.05, 3.63) is 88.7 Å². The van der Waals surface area contributed by atoms with E-state index in [1.807, 2.05) is 6.07 Å². The molecule has 0 bridgehead atoms. The van der Waals surface area contributed by atoms with Crippen molar-refractivity contribution in [3.63, 3.8) is 0 Å². The van der Waals surface area contributed by atoms with E-state index < -0.39 is 0 Å². The van der Waals surface area contributed by atoms with E-state index in [-0.39, 0.29) is 0 Å². The molecule has 0 saturated carbocycles. The van der Waals surface area contributed by atoms with E-state index in [9.17, 15) is 0 Å². The van der Waals surface area contributed by atoms with E-state index in [0.717, 1.165) is 5.70 Å². The van der Waals surface area contributed by atoms with Crippen LogP contribution >= 0.6 is 11.8 Å². The highest BCUT2D eigenvalue weighted by molar-refractivity contribution is 8.02. The first-order chi connectivity index (χ1) is 9.38. The van der Waals surface area contributed by atoms with Crippen LogP contribution in [0, 0.1) is 0 Å². The molecule has 0 amide bonds. The minimum absolute atomic E-state index is 1.16. The SMILES string of the molecule is CSC1=C(c2ccccc2)C=CC(=C2C=CC=C2)N1. The smallest absolute Gasteiger partial charge is 0.0802 e. The van der Waals surface area contributed by atoms with Gasteiger partial charge in [-0.05, 0) is 29.5 Å². The zero-order valence-electron chi connectivity index (χ0n) is 10.8. The highest BCUT2D eigenvalue weighted by Gasteiger charge is 2.13. The van der Waals surface area contributed by atoms with Crippen LogP contribution in [0.4, 0.5) is 0 Å². The summed E-state index contributed by atoms with van der Waals surface area (Å²) in [4.78, 5) is 0. The van der Waals surface area contributed by atoms with Crippen molar-refractivity contribution < 1.29 is 0 Å². The third-order valence-corrected chi connectivity index (χ3v) is 3.90. The summed E-state index contributed by atoms with van der Waals surface area (Å²) >= 11 is 1.75. The molecule has 19 heavy (non-hydrogen) atoms. The van der Waals surface area contributed by atoms with Crippen molar-refractivity contribution >= 4 is 17.3 Å². The van der Waals surface area contributed by atoms with Crippen molar-refractivity contribution in [2.24, 2.45) is 0 Å². The Morgan fingerprint density at radius 3 is 2.32 bits per heavy atom. The number of thioether (sulfide) groups is 1. The minimum Gasteiger partial charge on any atom is -0.349 e. The van der Waals surface area contributed by atoms with E-state index >= 15 is 0 Å². The molecule has 0 fully saturated rings. The Morgan fingerprint density at radius 1 is 0.895 bits per heavy atom. The van der Waals surface area contributed by atoms with Gasteiger partial charge in [-0.1, -0.05) is 54.6 Å². The topological polar surface area (TPSA) is 12.0 Å². The van der Waals surface area contributed by atoms with Gasteiger partial charge < -0.3 is 5.32 Å². The largest absolute Gasteiger partial charge is 0.349 e. The zero-order valence-corrected chi connectivity index (χ0v) is 11.6. The molecular weight excluding hydrogens is 250 g/mol. The Labute approximate surface area is 118 Å². The summed E-state index contributed by atoms with van der Waals surface area (Å²) in [6.07, 6.45) is 14.8. The van der Waals surface area contributed by atoms with Gasteiger partial charge in [0.1, 0.15) is 0 Å². The van der Waals surface area contributed by atoms with Crippen LogP contribution in [0.2, 0.25) is 0 Å². The van der Waals surface area contributed by atoms with Gasteiger partial charge in [0.25, 0.3) is 0 Å². The molecule has 1 aliphatic heterocycles. The average molecular weight is 265 g/mol. The highest BCUT2D eigenvalue weighted by atomic mass is 32.2. The maximum Gasteiger partial charge on any atom is 0.0802 e. The van der Waals surface area contributed by atoms with Gasteiger partial charge in [-0.3, -0.25) is 0 Å². The molecule has 3 rings (SSSR count). The van der Waals surface area contributed by atoms with Crippen molar-refractivity contribution in [1.82, 2.24) is 5.32 Å². The summed E-state index contributed by atoms with van der Waals surface area (Å²) < 4.78 is 0. The second-order valence-corrected chi connectivity index (χ2v) is 5.18. The van der Waals surface area contributed by atoms with Crippen LogP contribution in [0.5, 0.6) is 0 Å². The normalized spacial score (nSPS) is 17.3. The van der Waals surface area contributed by atoms with Gasteiger partial charge in [-0.15, -0.1) is 11.8 Å². The first-order valence-electron chi connectivity index (χ1n) is 6.26. The molecule has 2 aliphatic rings. The third-order valence-electron chi connectivity index (χ3n) is 3.17. The summed E-state index contributed by atoms with van der Waals surface area (Å²) in [6.45, 7) is 0. The van der Waals surface area contributed by atoms with Gasteiger partial charge in [-0.25, -0.2) is 0 Å². The van der Waals surface area contributed by atoms with Crippen LogP contribution in [-0.4, -0.2) is 6.26 Å². The Kier molecular flexibility index (Phi) is 3.43. The molecule has 1 nitrogen and oxygen atoms in total. The fourth-order valence-corrected chi connectivity index (χ4v) is 2.82. The molecule has 0 saturated heterocycles. The Bertz CT molecular complexity index is 616. The molecule has 0 unspecified atom stereocenters. The summed E-state index contributed by atoms with van der Waals surface area (Å²) in [5.41, 5.74) is 4.89. The zero-order chi connectivity index (χ0) is 13.1. The number of nitrogens with one attached hydrogen (secondary N) is 1. The van der Waals surface area contributed by atoms with Crippen LogP contribution in [0.3, 0.4) is 0 Å². The number of benzene rings is 1. The number of allylic oxidation sites excluding steroid dienone is 8. The number of hydrogen-bond donors (Lipinski definition) is 1. The van der Waals surface area contributed by atoms with Gasteiger partial charge in [0.2, 0.25) is 0 Å². The van der Waals surface area contributed by atoms with Crippen LogP contribution < -0.4 is 5.32 Å². The molecule has 1 aromatic rings.